The summed E-state index contributed by atoms with van der Waals surface area (Å²) in [4.78, 5) is 14.5. The van der Waals surface area contributed by atoms with Gasteiger partial charge >= 0.3 is 0 Å². The molecule has 4 unspecified atom stereocenters. The number of piperidine rings is 1. The maximum atomic E-state index is 12.5. The first-order valence-electron chi connectivity index (χ1n) is 9.24. The molecule has 1 saturated carbocycles. The summed E-state index contributed by atoms with van der Waals surface area (Å²) in [6.07, 6.45) is 0.0706. The number of ketones is 1. The topological polar surface area (TPSA) is 90.2 Å². The Morgan fingerprint density at radius 1 is 1.38 bits per heavy atom. The van der Waals surface area contributed by atoms with E-state index >= 15 is 0 Å². The van der Waals surface area contributed by atoms with E-state index in [1.54, 1.807) is 6.07 Å². The number of ether oxygens (including phenoxy) is 1. The number of aromatic hydroxyl groups is 1. The van der Waals surface area contributed by atoms with E-state index in [1.807, 2.05) is 31.9 Å². The van der Waals surface area contributed by atoms with Crippen molar-refractivity contribution in [1.82, 2.24) is 4.90 Å². The second-order valence-corrected chi connectivity index (χ2v) is 7.76. The summed E-state index contributed by atoms with van der Waals surface area (Å²) in [5.74, 6) is 0.198. The molecular weight excluding hydrogens is 334 g/mol. The number of likely N-dealkylation sites (tertiary alicyclic amines) is 1. The van der Waals surface area contributed by atoms with E-state index in [0.717, 1.165) is 5.56 Å². The second-order valence-electron chi connectivity index (χ2n) is 7.76. The minimum absolute atomic E-state index is 0.0180. The average molecular weight is 363 g/mol. The van der Waals surface area contributed by atoms with Crippen molar-refractivity contribution in [3.63, 3.8) is 0 Å². The zero-order valence-corrected chi connectivity index (χ0v) is 16.0. The summed E-state index contributed by atoms with van der Waals surface area (Å²) >= 11 is 0. The Bertz CT molecular complexity index is 720. The maximum absolute atomic E-state index is 12.5. The van der Waals surface area contributed by atoms with E-state index < -0.39 is 17.1 Å². The Hall–Kier alpha value is -1.63. The Kier molecular flexibility index (Phi) is 4.80. The molecule has 6 nitrogen and oxygen atoms in total. The molecule has 1 heterocycles. The predicted octanol–water partition coefficient (Wildman–Crippen LogP) is 1.38. The van der Waals surface area contributed by atoms with E-state index in [-0.39, 0.29) is 30.4 Å². The van der Waals surface area contributed by atoms with Gasteiger partial charge in [-0.15, -0.1) is 0 Å². The third-order valence-electron chi connectivity index (χ3n) is 6.67. The summed E-state index contributed by atoms with van der Waals surface area (Å²) < 4.78 is 5.53. The highest BCUT2D eigenvalue weighted by Gasteiger charge is 2.65. The number of hydrogen-bond acceptors (Lipinski definition) is 6. The first-order chi connectivity index (χ1) is 12.2. The van der Waals surface area contributed by atoms with Gasteiger partial charge in [-0.05, 0) is 45.0 Å². The van der Waals surface area contributed by atoms with Gasteiger partial charge in [0.15, 0.2) is 11.5 Å². The summed E-state index contributed by atoms with van der Waals surface area (Å²) in [6.45, 7) is 4.55. The number of phenols is 1. The van der Waals surface area contributed by atoms with Crippen LogP contribution in [0.2, 0.25) is 0 Å². The molecule has 0 radical (unpaired) electrons. The van der Waals surface area contributed by atoms with Crippen molar-refractivity contribution in [2.24, 2.45) is 0 Å². The highest BCUT2D eigenvalue weighted by atomic mass is 16.5. The van der Waals surface area contributed by atoms with Crippen LogP contribution in [0.15, 0.2) is 12.1 Å². The predicted molar refractivity (Wildman–Crippen MR) is 97.6 cm³/mol. The minimum atomic E-state index is -1.51. The van der Waals surface area contributed by atoms with Crippen LogP contribution in [0.25, 0.3) is 0 Å². The van der Waals surface area contributed by atoms with Crippen LogP contribution >= 0.6 is 0 Å². The number of likely N-dealkylation sites (N-methyl/N-ethyl adjacent to an activating group) is 1. The lowest BCUT2D eigenvalue weighted by Crippen LogP contribution is -2.74. The number of rotatable bonds is 3. The Morgan fingerprint density at radius 2 is 2.08 bits per heavy atom. The number of benzene rings is 1. The van der Waals surface area contributed by atoms with Crippen molar-refractivity contribution in [3.8, 4) is 11.5 Å². The molecule has 1 aliphatic heterocycles. The molecule has 144 valence electrons. The van der Waals surface area contributed by atoms with Gasteiger partial charge in [-0.1, -0.05) is 13.0 Å². The van der Waals surface area contributed by atoms with Gasteiger partial charge in [-0.25, -0.2) is 0 Å². The summed E-state index contributed by atoms with van der Waals surface area (Å²) in [6, 6.07) is 3.05. The fourth-order valence-electron chi connectivity index (χ4n) is 5.16. The van der Waals surface area contributed by atoms with Crippen molar-refractivity contribution >= 4 is 5.78 Å². The number of phenolic OH excluding ortho intramolecular Hbond substituents is 1. The number of aliphatic hydroxyl groups excluding tert-OH is 1. The fraction of sp³-hybridized carbons (Fsp3) is 0.650. The molecule has 1 aliphatic carbocycles. The standard InChI is InChI=1S/C20H29NO5/c1-5-13-6-7-15(23)18(26-4)17(13)19-8-9-21(3)12(2)20(19,25)16(24)10-14(22)11-19/h6-7,12,16,23-25H,5,8-11H2,1-4H3. The lowest BCUT2D eigenvalue weighted by molar-refractivity contribution is -0.205. The second kappa shape index (κ2) is 6.51. The first-order valence-corrected chi connectivity index (χ1v) is 9.24. The number of carbonyl (C=O) groups excluding carboxylic acids is 1. The normalized spacial score (nSPS) is 35.2. The smallest absolute Gasteiger partial charge is 0.164 e. The number of carbonyl (C=O) groups is 1. The lowest BCUT2D eigenvalue weighted by Gasteiger charge is -2.61. The van der Waals surface area contributed by atoms with E-state index in [4.69, 9.17) is 4.74 Å². The SMILES string of the molecule is CCc1ccc(O)c(OC)c1C12CCN(C)C(C)C1(O)C(O)CC(=O)C2. The zero-order chi connectivity index (χ0) is 19.3. The molecule has 1 aromatic rings. The van der Waals surface area contributed by atoms with Gasteiger partial charge in [0.25, 0.3) is 0 Å². The Balaban J connectivity index is 2.35. The highest BCUT2D eigenvalue weighted by Crippen LogP contribution is 2.57. The molecule has 2 aliphatic rings. The van der Waals surface area contributed by atoms with Gasteiger partial charge < -0.3 is 25.0 Å². The first kappa shape index (κ1) is 19.1. The monoisotopic (exact) mass is 363 g/mol. The largest absolute Gasteiger partial charge is 0.504 e. The fourth-order valence-corrected chi connectivity index (χ4v) is 5.16. The third kappa shape index (κ3) is 2.39. The lowest BCUT2D eigenvalue weighted by atomic mass is 9.52. The number of hydrogen-bond donors (Lipinski definition) is 3. The van der Waals surface area contributed by atoms with Gasteiger partial charge in [-0.3, -0.25) is 4.79 Å². The molecule has 1 aromatic carbocycles. The molecule has 2 fully saturated rings. The average Bonchev–Trinajstić information content (AvgIpc) is 2.61. The maximum Gasteiger partial charge on any atom is 0.164 e. The molecule has 0 spiro atoms. The number of aliphatic hydroxyl groups is 2. The van der Waals surface area contributed by atoms with Crippen LogP contribution < -0.4 is 4.74 Å². The van der Waals surface area contributed by atoms with Crippen LogP contribution in [0.5, 0.6) is 11.5 Å². The van der Waals surface area contributed by atoms with Crippen molar-refractivity contribution in [2.45, 2.75) is 62.7 Å². The Morgan fingerprint density at radius 3 is 2.69 bits per heavy atom. The van der Waals surface area contributed by atoms with Gasteiger partial charge in [0.05, 0.1) is 13.2 Å². The van der Waals surface area contributed by atoms with Crippen molar-refractivity contribution < 1.29 is 24.9 Å². The summed E-state index contributed by atoms with van der Waals surface area (Å²) in [5.41, 5.74) is -0.934. The number of Topliss-reactive ketones (excluding diaryl/α,β-unsaturated/α-hetero) is 1. The van der Waals surface area contributed by atoms with E-state index in [1.165, 1.54) is 7.11 Å². The molecule has 0 amide bonds. The van der Waals surface area contributed by atoms with E-state index in [0.29, 0.717) is 30.7 Å². The number of nitrogens with zero attached hydrogens (tertiary/aromatic N) is 1. The zero-order valence-electron chi connectivity index (χ0n) is 16.0. The van der Waals surface area contributed by atoms with E-state index in [9.17, 15) is 20.1 Å². The third-order valence-corrected chi connectivity index (χ3v) is 6.67. The van der Waals surface area contributed by atoms with Crippen molar-refractivity contribution in [3.05, 3.63) is 23.3 Å². The molecule has 0 bridgehead atoms. The number of fused-ring (bicyclic) bond motifs is 1. The van der Waals surface area contributed by atoms with Crippen LogP contribution in [-0.4, -0.2) is 64.5 Å². The minimum Gasteiger partial charge on any atom is -0.504 e. The highest BCUT2D eigenvalue weighted by molar-refractivity contribution is 5.83. The van der Waals surface area contributed by atoms with Gasteiger partial charge in [0.2, 0.25) is 0 Å². The molecule has 26 heavy (non-hydrogen) atoms. The van der Waals surface area contributed by atoms with Crippen LogP contribution in [-0.2, 0) is 16.6 Å². The molecule has 1 saturated heterocycles. The van der Waals surface area contributed by atoms with E-state index in [2.05, 4.69) is 0 Å². The summed E-state index contributed by atoms with van der Waals surface area (Å²) in [5, 5.41) is 33.1. The molecular formula is C20H29NO5. The number of aryl methyl sites for hydroxylation is 1. The van der Waals surface area contributed by atoms with Crippen molar-refractivity contribution in [1.29, 1.82) is 0 Å². The molecule has 3 N–H and O–H groups in total. The summed E-state index contributed by atoms with van der Waals surface area (Å²) in [7, 11) is 3.39. The van der Waals surface area contributed by atoms with Crippen LogP contribution in [0.3, 0.4) is 0 Å². The van der Waals surface area contributed by atoms with Crippen LogP contribution in [0.4, 0.5) is 0 Å². The molecule has 4 atom stereocenters. The molecule has 6 heteroatoms. The Labute approximate surface area is 154 Å². The van der Waals surface area contributed by atoms with Gasteiger partial charge in [0.1, 0.15) is 11.4 Å². The molecule has 3 rings (SSSR count). The van der Waals surface area contributed by atoms with Gasteiger partial charge in [0, 0.05) is 29.9 Å². The quantitative estimate of drug-likeness (QED) is 0.752. The van der Waals surface area contributed by atoms with Crippen LogP contribution in [0.1, 0.15) is 44.2 Å². The van der Waals surface area contributed by atoms with Crippen molar-refractivity contribution in [2.75, 3.05) is 20.7 Å². The van der Waals surface area contributed by atoms with Crippen LogP contribution in [0, 0.1) is 0 Å². The number of methoxy groups -OCH3 is 1. The van der Waals surface area contributed by atoms with Gasteiger partial charge in [-0.2, -0.15) is 0 Å². The molecule has 0 aromatic heterocycles.